The van der Waals surface area contributed by atoms with Crippen molar-refractivity contribution in [2.75, 3.05) is 0 Å². The smallest absolute Gasteiger partial charge is 0.275 e. The number of nitrogen functional groups attached to an aromatic ring is 1. The van der Waals surface area contributed by atoms with Gasteiger partial charge >= 0.3 is 0 Å². The highest BCUT2D eigenvalue weighted by molar-refractivity contribution is 7.21. The van der Waals surface area contributed by atoms with Gasteiger partial charge in [-0.15, -0.1) is 11.3 Å². The summed E-state index contributed by atoms with van der Waals surface area (Å²) in [6.45, 7) is 0.689. The number of benzene rings is 1. The number of furan rings is 1. The van der Waals surface area contributed by atoms with Crippen LogP contribution in [0.1, 0.15) is 21.0 Å². The molecule has 3 aromatic rings. The van der Waals surface area contributed by atoms with Gasteiger partial charge in [0, 0.05) is 10.3 Å². The van der Waals surface area contributed by atoms with Gasteiger partial charge in [-0.25, -0.2) is 5.84 Å². The topological polar surface area (TPSA) is 77.5 Å². The molecular weight excluding hydrogens is 288 g/mol. The second-order valence-electron chi connectivity index (χ2n) is 4.45. The van der Waals surface area contributed by atoms with Crippen LogP contribution in [-0.2, 0) is 18.0 Å². The van der Waals surface area contributed by atoms with Crippen LogP contribution in [0.15, 0.2) is 47.1 Å². The minimum atomic E-state index is -0.298. The average Bonchev–Trinajstić information content (AvgIpc) is 3.14. The first kappa shape index (κ1) is 13.8. The first-order valence-corrected chi connectivity index (χ1v) is 7.22. The summed E-state index contributed by atoms with van der Waals surface area (Å²) in [6, 6.07) is 11.5. The van der Waals surface area contributed by atoms with E-state index in [1.165, 1.54) is 11.3 Å². The molecule has 0 radical (unpaired) electrons. The van der Waals surface area contributed by atoms with E-state index < -0.39 is 0 Å². The van der Waals surface area contributed by atoms with E-state index in [9.17, 15) is 4.79 Å². The summed E-state index contributed by atoms with van der Waals surface area (Å²) >= 11 is 1.41. The number of fused-ring (bicyclic) bond motifs is 1. The molecule has 6 heteroatoms. The van der Waals surface area contributed by atoms with E-state index in [0.717, 1.165) is 21.4 Å². The SMILES string of the molecule is NNC(=O)c1sc2ccccc2c1COCc1ccco1. The van der Waals surface area contributed by atoms with Crippen LogP contribution >= 0.6 is 11.3 Å². The molecule has 21 heavy (non-hydrogen) atoms. The van der Waals surface area contributed by atoms with Crippen molar-refractivity contribution in [1.82, 2.24) is 5.43 Å². The van der Waals surface area contributed by atoms with Gasteiger partial charge in [0.2, 0.25) is 0 Å². The molecule has 0 saturated carbocycles. The lowest BCUT2D eigenvalue weighted by atomic mass is 10.1. The quantitative estimate of drug-likeness (QED) is 0.431. The van der Waals surface area contributed by atoms with E-state index in [2.05, 4.69) is 5.43 Å². The molecule has 108 valence electrons. The Morgan fingerprint density at radius 1 is 1.24 bits per heavy atom. The number of amides is 1. The molecular formula is C15H14N2O3S. The zero-order valence-corrected chi connectivity index (χ0v) is 12.0. The Morgan fingerprint density at radius 3 is 2.86 bits per heavy atom. The number of nitrogens with one attached hydrogen (secondary N) is 1. The molecule has 0 atom stereocenters. The lowest BCUT2D eigenvalue weighted by molar-refractivity contribution is 0.0893. The van der Waals surface area contributed by atoms with E-state index in [-0.39, 0.29) is 5.91 Å². The average molecular weight is 302 g/mol. The lowest BCUT2D eigenvalue weighted by Crippen LogP contribution is -2.30. The Bertz CT molecular complexity index is 749. The highest BCUT2D eigenvalue weighted by atomic mass is 32.1. The number of rotatable bonds is 5. The molecule has 3 N–H and O–H groups in total. The number of hydrazine groups is 1. The van der Waals surface area contributed by atoms with Crippen LogP contribution < -0.4 is 11.3 Å². The molecule has 0 fully saturated rings. The molecule has 3 rings (SSSR count). The Morgan fingerprint density at radius 2 is 2.10 bits per heavy atom. The van der Waals surface area contributed by atoms with Crippen molar-refractivity contribution in [1.29, 1.82) is 0 Å². The lowest BCUT2D eigenvalue weighted by Gasteiger charge is -2.05. The third-order valence-corrected chi connectivity index (χ3v) is 4.32. The number of carbonyl (C=O) groups is 1. The number of carbonyl (C=O) groups excluding carboxylic acids is 1. The first-order valence-electron chi connectivity index (χ1n) is 6.41. The van der Waals surface area contributed by atoms with Crippen LogP contribution in [0.3, 0.4) is 0 Å². The van der Waals surface area contributed by atoms with Gasteiger partial charge in [-0.3, -0.25) is 10.2 Å². The summed E-state index contributed by atoms with van der Waals surface area (Å²) in [4.78, 5) is 12.5. The van der Waals surface area contributed by atoms with E-state index in [0.29, 0.717) is 18.1 Å². The largest absolute Gasteiger partial charge is 0.467 e. The molecule has 0 unspecified atom stereocenters. The van der Waals surface area contributed by atoms with Gasteiger partial charge in [0.25, 0.3) is 5.91 Å². The Hall–Kier alpha value is -2.15. The fraction of sp³-hybridized carbons (Fsp3) is 0.133. The van der Waals surface area contributed by atoms with Gasteiger partial charge in [0.1, 0.15) is 12.4 Å². The van der Waals surface area contributed by atoms with Gasteiger partial charge in [-0.2, -0.15) is 0 Å². The molecule has 2 aromatic heterocycles. The molecule has 0 saturated heterocycles. The molecule has 0 aliphatic rings. The summed E-state index contributed by atoms with van der Waals surface area (Å²) in [5.74, 6) is 5.70. The van der Waals surface area contributed by atoms with Crippen LogP contribution in [0.4, 0.5) is 0 Å². The second-order valence-corrected chi connectivity index (χ2v) is 5.50. The number of ether oxygens (including phenoxy) is 1. The third kappa shape index (κ3) is 2.82. The minimum Gasteiger partial charge on any atom is -0.467 e. The monoisotopic (exact) mass is 302 g/mol. The molecule has 0 bridgehead atoms. The number of hydrogen-bond donors (Lipinski definition) is 2. The molecule has 5 nitrogen and oxygen atoms in total. The zero-order valence-electron chi connectivity index (χ0n) is 11.2. The summed E-state index contributed by atoms with van der Waals surface area (Å²) in [5.41, 5.74) is 3.04. The van der Waals surface area contributed by atoms with E-state index >= 15 is 0 Å². The van der Waals surface area contributed by atoms with Crippen LogP contribution in [0, 0.1) is 0 Å². The van der Waals surface area contributed by atoms with Gasteiger partial charge in [-0.05, 0) is 23.6 Å². The van der Waals surface area contributed by atoms with E-state index in [1.54, 1.807) is 6.26 Å². The van der Waals surface area contributed by atoms with Crippen molar-refractivity contribution in [3.05, 3.63) is 58.9 Å². The summed E-state index contributed by atoms with van der Waals surface area (Å²) in [5, 5.41) is 1.01. The van der Waals surface area contributed by atoms with Gasteiger partial charge < -0.3 is 9.15 Å². The fourth-order valence-electron chi connectivity index (χ4n) is 2.14. The maximum Gasteiger partial charge on any atom is 0.275 e. The van der Waals surface area contributed by atoms with Crippen molar-refractivity contribution in [2.45, 2.75) is 13.2 Å². The summed E-state index contributed by atoms with van der Waals surface area (Å²) in [6.07, 6.45) is 1.60. The van der Waals surface area contributed by atoms with Crippen LogP contribution in [0.5, 0.6) is 0 Å². The highest BCUT2D eigenvalue weighted by Crippen LogP contribution is 2.31. The van der Waals surface area contributed by atoms with E-state index in [1.807, 2.05) is 36.4 Å². The zero-order chi connectivity index (χ0) is 14.7. The maximum absolute atomic E-state index is 11.9. The molecule has 1 aromatic carbocycles. The summed E-state index contributed by atoms with van der Waals surface area (Å²) < 4.78 is 11.9. The number of hydrogen-bond acceptors (Lipinski definition) is 5. The van der Waals surface area contributed by atoms with Gasteiger partial charge in [0.15, 0.2) is 0 Å². The Kier molecular flexibility index (Phi) is 4.01. The van der Waals surface area contributed by atoms with Gasteiger partial charge in [-0.1, -0.05) is 18.2 Å². The van der Waals surface area contributed by atoms with Crippen LogP contribution in [0.2, 0.25) is 0 Å². The predicted octanol–water partition coefficient (Wildman–Crippen LogP) is 2.81. The molecule has 0 spiro atoms. The van der Waals surface area contributed by atoms with Crippen molar-refractivity contribution >= 4 is 27.3 Å². The van der Waals surface area contributed by atoms with Crippen molar-refractivity contribution in [3.63, 3.8) is 0 Å². The molecule has 1 amide bonds. The third-order valence-electron chi connectivity index (χ3n) is 3.11. The summed E-state index contributed by atoms with van der Waals surface area (Å²) in [7, 11) is 0. The second kappa shape index (κ2) is 6.09. The van der Waals surface area contributed by atoms with Crippen molar-refractivity contribution in [2.24, 2.45) is 5.84 Å². The molecule has 0 aliphatic heterocycles. The standard InChI is InChI=1S/C15H14N2O3S/c16-17-15(18)14-12(9-19-8-10-4-3-7-20-10)11-5-1-2-6-13(11)21-14/h1-7H,8-9,16H2,(H,17,18). The predicted molar refractivity (Wildman–Crippen MR) is 80.7 cm³/mol. The Balaban J connectivity index is 1.86. The van der Waals surface area contributed by atoms with Crippen LogP contribution in [0.25, 0.3) is 10.1 Å². The minimum absolute atomic E-state index is 0.298. The van der Waals surface area contributed by atoms with Gasteiger partial charge in [0.05, 0.1) is 17.7 Å². The normalized spacial score (nSPS) is 10.9. The number of thiophene rings is 1. The molecule has 2 heterocycles. The maximum atomic E-state index is 11.9. The molecule has 0 aliphatic carbocycles. The van der Waals surface area contributed by atoms with Crippen molar-refractivity contribution < 1.29 is 13.9 Å². The van der Waals surface area contributed by atoms with E-state index in [4.69, 9.17) is 15.0 Å². The van der Waals surface area contributed by atoms with Crippen molar-refractivity contribution in [3.8, 4) is 0 Å². The Labute approximate surface area is 125 Å². The first-order chi connectivity index (χ1) is 10.3. The highest BCUT2D eigenvalue weighted by Gasteiger charge is 2.17. The van der Waals surface area contributed by atoms with Crippen LogP contribution in [-0.4, -0.2) is 5.91 Å². The number of nitrogens with two attached hydrogens (primary N) is 1. The fourth-order valence-corrected chi connectivity index (χ4v) is 3.25.